The monoisotopic (exact) mass is 340 g/mol. The van der Waals surface area contributed by atoms with Gasteiger partial charge >= 0.3 is 0 Å². The Hall–Kier alpha value is -1.54. The van der Waals surface area contributed by atoms with Crippen LogP contribution in [0.3, 0.4) is 0 Å². The number of rotatable bonds is 9. The minimum Gasteiger partial charge on any atom is -0.486 e. The maximum Gasteiger partial charge on any atom is 0.140 e. The summed E-state index contributed by atoms with van der Waals surface area (Å²) in [6.45, 7) is 1.84. The van der Waals surface area contributed by atoms with Gasteiger partial charge in [-0.25, -0.2) is 9.37 Å². The molecule has 0 radical (unpaired) electrons. The molecule has 0 saturated carbocycles. The maximum atomic E-state index is 12.8. The number of halogens is 1. The lowest BCUT2D eigenvalue weighted by atomic mass is 10.3. The summed E-state index contributed by atoms with van der Waals surface area (Å²) in [6.07, 6.45) is -0.509. The van der Waals surface area contributed by atoms with E-state index in [1.807, 2.05) is 17.3 Å². The van der Waals surface area contributed by atoms with Crippen LogP contribution in [0.25, 0.3) is 0 Å². The fraction of sp³-hybridized carbons (Fsp3) is 0.438. The van der Waals surface area contributed by atoms with E-state index in [1.165, 1.54) is 23.5 Å². The number of thiazole rings is 1. The van der Waals surface area contributed by atoms with Crippen LogP contribution in [0, 0.1) is 5.82 Å². The van der Waals surface area contributed by atoms with Gasteiger partial charge in [-0.3, -0.25) is 4.90 Å². The molecule has 126 valence electrons. The lowest BCUT2D eigenvalue weighted by molar-refractivity contribution is 0.0417. The molecule has 1 unspecified atom stereocenters. The van der Waals surface area contributed by atoms with E-state index >= 15 is 0 Å². The molecule has 1 heterocycles. The van der Waals surface area contributed by atoms with Gasteiger partial charge in [0, 0.05) is 25.6 Å². The van der Waals surface area contributed by atoms with E-state index in [-0.39, 0.29) is 5.82 Å². The van der Waals surface area contributed by atoms with Crippen molar-refractivity contribution in [3.05, 3.63) is 46.2 Å². The highest BCUT2D eigenvalue weighted by atomic mass is 32.1. The number of methoxy groups -OCH3 is 1. The van der Waals surface area contributed by atoms with Crippen LogP contribution in [0.4, 0.5) is 4.39 Å². The maximum absolute atomic E-state index is 12.8. The molecule has 0 aliphatic rings. The predicted octanol–water partition coefficient (Wildman–Crippen LogP) is 2.30. The van der Waals surface area contributed by atoms with E-state index in [0.717, 1.165) is 10.7 Å². The topological polar surface area (TPSA) is 54.8 Å². The van der Waals surface area contributed by atoms with E-state index < -0.39 is 6.10 Å². The molecule has 1 atom stereocenters. The Morgan fingerprint density at radius 3 is 2.78 bits per heavy atom. The third kappa shape index (κ3) is 6.23. The van der Waals surface area contributed by atoms with Crippen molar-refractivity contribution < 1.29 is 19.0 Å². The molecule has 0 amide bonds. The first-order valence-corrected chi connectivity index (χ1v) is 8.12. The van der Waals surface area contributed by atoms with E-state index in [9.17, 15) is 9.50 Å². The summed E-state index contributed by atoms with van der Waals surface area (Å²) in [7, 11) is 3.49. The Morgan fingerprint density at radius 2 is 2.09 bits per heavy atom. The average molecular weight is 340 g/mol. The highest BCUT2D eigenvalue weighted by molar-refractivity contribution is 7.09. The number of nitrogens with zero attached hydrogens (tertiary/aromatic N) is 2. The van der Waals surface area contributed by atoms with Gasteiger partial charge in [0.15, 0.2) is 0 Å². The minimum absolute atomic E-state index is 0.285. The molecule has 0 bridgehead atoms. The number of benzene rings is 1. The van der Waals surface area contributed by atoms with Gasteiger partial charge in [-0.1, -0.05) is 0 Å². The summed E-state index contributed by atoms with van der Waals surface area (Å²) in [6, 6.07) is 5.91. The van der Waals surface area contributed by atoms with Crippen LogP contribution in [-0.4, -0.2) is 48.4 Å². The molecule has 7 heteroatoms. The largest absolute Gasteiger partial charge is 0.486 e. The van der Waals surface area contributed by atoms with Gasteiger partial charge in [-0.2, -0.15) is 0 Å². The van der Waals surface area contributed by atoms with Crippen LogP contribution in [-0.2, 0) is 17.9 Å². The molecule has 23 heavy (non-hydrogen) atoms. The van der Waals surface area contributed by atoms with E-state index in [4.69, 9.17) is 9.47 Å². The van der Waals surface area contributed by atoms with Crippen molar-refractivity contribution >= 4 is 11.3 Å². The van der Waals surface area contributed by atoms with Crippen molar-refractivity contribution in [3.8, 4) is 5.75 Å². The molecule has 2 rings (SSSR count). The zero-order chi connectivity index (χ0) is 16.7. The molecule has 5 nitrogen and oxygen atoms in total. The Balaban J connectivity index is 1.79. The minimum atomic E-state index is -0.509. The Kier molecular flexibility index (Phi) is 6.91. The number of likely N-dealkylation sites (N-methyl/N-ethyl adjacent to an activating group) is 1. The summed E-state index contributed by atoms with van der Waals surface area (Å²) in [4.78, 5) is 6.49. The number of aromatic nitrogens is 1. The van der Waals surface area contributed by atoms with Crippen LogP contribution in [0.2, 0.25) is 0 Å². The second kappa shape index (κ2) is 8.93. The molecule has 0 aliphatic heterocycles. The van der Waals surface area contributed by atoms with Crippen molar-refractivity contribution in [1.29, 1.82) is 0 Å². The third-order valence-electron chi connectivity index (χ3n) is 3.09. The van der Waals surface area contributed by atoms with Gasteiger partial charge < -0.3 is 14.6 Å². The quantitative estimate of drug-likeness (QED) is 0.759. The number of hydrogen-bond donors (Lipinski definition) is 1. The predicted molar refractivity (Wildman–Crippen MR) is 87.1 cm³/mol. The summed E-state index contributed by atoms with van der Waals surface area (Å²) < 4.78 is 23.3. The number of ether oxygens (including phenoxy) is 2. The van der Waals surface area contributed by atoms with Gasteiger partial charge in [-0.15, -0.1) is 11.3 Å². The van der Waals surface area contributed by atoms with Crippen LogP contribution in [0.15, 0.2) is 29.6 Å². The third-order valence-corrected chi connectivity index (χ3v) is 3.96. The van der Waals surface area contributed by atoms with Crippen molar-refractivity contribution in [2.45, 2.75) is 19.3 Å². The zero-order valence-electron chi connectivity index (χ0n) is 13.2. The molecule has 0 spiro atoms. The first kappa shape index (κ1) is 17.8. The fourth-order valence-electron chi connectivity index (χ4n) is 2.11. The lowest BCUT2D eigenvalue weighted by Gasteiger charge is -2.18. The zero-order valence-corrected chi connectivity index (χ0v) is 14.1. The Morgan fingerprint density at radius 1 is 1.35 bits per heavy atom. The van der Waals surface area contributed by atoms with Gasteiger partial charge in [-0.05, 0) is 31.3 Å². The van der Waals surface area contributed by atoms with Crippen LogP contribution in [0.1, 0.15) is 10.7 Å². The average Bonchev–Trinajstić information content (AvgIpc) is 2.94. The van der Waals surface area contributed by atoms with Gasteiger partial charge in [0.25, 0.3) is 0 Å². The van der Waals surface area contributed by atoms with E-state index in [0.29, 0.717) is 32.1 Å². The summed E-state index contributed by atoms with van der Waals surface area (Å²) >= 11 is 1.52. The Labute approximate surface area is 139 Å². The molecule has 0 aliphatic carbocycles. The Bertz CT molecular complexity index is 591. The standard InChI is InChI=1S/C16H21FN2O3S/c1-19(8-14(20)9-21-2)7-13-11-23-16(18-13)10-22-15-5-3-12(17)4-6-15/h3-6,11,14,20H,7-10H2,1-2H3. The lowest BCUT2D eigenvalue weighted by Crippen LogP contribution is -2.31. The second-order valence-electron chi connectivity index (χ2n) is 5.28. The molecule has 1 N–H and O–H groups in total. The van der Waals surface area contributed by atoms with E-state index in [1.54, 1.807) is 19.2 Å². The number of hydrogen-bond acceptors (Lipinski definition) is 6. The van der Waals surface area contributed by atoms with E-state index in [2.05, 4.69) is 4.98 Å². The number of aliphatic hydroxyl groups excluding tert-OH is 1. The van der Waals surface area contributed by atoms with Gasteiger partial charge in [0.2, 0.25) is 0 Å². The second-order valence-corrected chi connectivity index (χ2v) is 6.22. The molecular weight excluding hydrogens is 319 g/mol. The summed E-state index contributed by atoms with van der Waals surface area (Å²) in [5.74, 6) is 0.329. The highest BCUT2D eigenvalue weighted by Crippen LogP contribution is 2.16. The molecule has 1 aromatic heterocycles. The molecule has 0 fully saturated rings. The first-order valence-electron chi connectivity index (χ1n) is 7.24. The van der Waals surface area contributed by atoms with Crippen molar-refractivity contribution in [1.82, 2.24) is 9.88 Å². The van der Waals surface area contributed by atoms with Crippen LogP contribution in [0.5, 0.6) is 5.75 Å². The molecular formula is C16H21FN2O3S. The van der Waals surface area contributed by atoms with Crippen LogP contribution >= 0.6 is 11.3 Å². The molecule has 2 aromatic rings. The number of aliphatic hydroxyl groups is 1. The summed E-state index contributed by atoms with van der Waals surface area (Å²) in [5, 5.41) is 12.5. The highest BCUT2D eigenvalue weighted by Gasteiger charge is 2.10. The normalized spacial score (nSPS) is 12.6. The van der Waals surface area contributed by atoms with Crippen molar-refractivity contribution in [2.75, 3.05) is 27.3 Å². The first-order chi connectivity index (χ1) is 11.1. The van der Waals surface area contributed by atoms with Crippen molar-refractivity contribution in [2.24, 2.45) is 0 Å². The van der Waals surface area contributed by atoms with Crippen molar-refractivity contribution in [3.63, 3.8) is 0 Å². The molecule has 1 aromatic carbocycles. The fourth-order valence-corrected chi connectivity index (χ4v) is 2.81. The van der Waals surface area contributed by atoms with Gasteiger partial charge in [0.05, 0.1) is 18.4 Å². The SMILES string of the molecule is COCC(O)CN(C)Cc1csc(COc2ccc(F)cc2)n1. The smallest absolute Gasteiger partial charge is 0.140 e. The van der Waals surface area contributed by atoms with Crippen LogP contribution < -0.4 is 4.74 Å². The molecule has 0 saturated heterocycles. The van der Waals surface area contributed by atoms with Gasteiger partial charge in [0.1, 0.15) is 23.2 Å². The summed E-state index contributed by atoms with van der Waals surface area (Å²) in [5.41, 5.74) is 0.930.